The van der Waals surface area contributed by atoms with Crippen LogP contribution in [0.4, 0.5) is 0 Å². The lowest BCUT2D eigenvalue weighted by Crippen LogP contribution is -2.46. The number of pyridine rings is 1. The van der Waals surface area contributed by atoms with E-state index in [0.29, 0.717) is 32.0 Å². The van der Waals surface area contributed by atoms with E-state index in [4.69, 9.17) is 0 Å². The lowest BCUT2D eigenvalue weighted by molar-refractivity contribution is -0.135. The molecular weight excluding hydrogens is 344 g/mol. The van der Waals surface area contributed by atoms with Gasteiger partial charge in [0.05, 0.1) is 6.04 Å². The van der Waals surface area contributed by atoms with E-state index in [2.05, 4.69) is 29.0 Å². The number of likely N-dealkylation sites (N-methyl/N-ethyl adjacent to an activating group) is 1. The van der Waals surface area contributed by atoms with Gasteiger partial charge >= 0.3 is 0 Å². The van der Waals surface area contributed by atoms with Crippen molar-refractivity contribution in [3.05, 3.63) is 34.2 Å². The maximum absolute atomic E-state index is 12.9. The summed E-state index contributed by atoms with van der Waals surface area (Å²) in [5.74, 6) is 0.283. The molecule has 2 rings (SSSR count). The number of rotatable bonds is 8. The normalized spacial score (nSPS) is 20.0. The van der Waals surface area contributed by atoms with Crippen molar-refractivity contribution >= 4 is 11.8 Å². The van der Waals surface area contributed by atoms with Crippen LogP contribution in [0.1, 0.15) is 50.9 Å². The number of amides is 2. The number of hydrogen-bond acceptors (Lipinski definition) is 4. The van der Waals surface area contributed by atoms with Crippen molar-refractivity contribution in [3.8, 4) is 0 Å². The molecule has 2 heterocycles. The van der Waals surface area contributed by atoms with Gasteiger partial charge in [-0.25, -0.2) is 0 Å². The first-order valence-corrected chi connectivity index (χ1v) is 9.88. The predicted molar refractivity (Wildman–Crippen MR) is 106 cm³/mol. The number of nitrogens with one attached hydrogen (secondary N) is 2. The van der Waals surface area contributed by atoms with Gasteiger partial charge in [-0.3, -0.25) is 19.3 Å². The summed E-state index contributed by atoms with van der Waals surface area (Å²) in [6, 6.07) is 2.78. The van der Waals surface area contributed by atoms with Gasteiger partial charge in [0, 0.05) is 31.9 Å². The first-order chi connectivity index (χ1) is 12.9. The minimum Gasteiger partial charge on any atom is -0.348 e. The summed E-state index contributed by atoms with van der Waals surface area (Å²) in [6.07, 6.45) is 3.08. The van der Waals surface area contributed by atoms with Crippen LogP contribution in [0.15, 0.2) is 23.1 Å². The first-order valence-electron chi connectivity index (χ1n) is 9.88. The van der Waals surface area contributed by atoms with Crippen molar-refractivity contribution in [1.82, 2.24) is 20.1 Å². The van der Waals surface area contributed by atoms with Crippen LogP contribution in [-0.2, 0) is 4.79 Å². The average Bonchev–Trinajstić information content (AvgIpc) is 3.03. The zero-order valence-electron chi connectivity index (χ0n) is 16.8. The Kier molecular flexibility index (Phi) is 7.59. The smallest absolute Gasteiger partial charge is 0.260 e. The molecule has 1 aliphatic heterocycles. The van der Waals surface area contributed by atoms with Crippen molar-refractivity contribution in [2.45, 2.75) is 52.6 Å². The SMILES string of the molecule is CCN(CC)C(=O)[C@@H]1C[C@@H](NC(=O)c2ccc[nH]c2=O)CN1CCC(C)C. The van der Waals surface area contributed by atoms with E-state index in [0.717, 1.165) is 13.0 Å². The molecular formula is C20H32N4O3. The summed E-state index contributed by atoms with van der Waals surface area (Å²) in [5.41, 5.74) is -0.301. The third kappa shape index (κ3) is 5.42. The molecule has 1 aliphatic rings. The van der Waals surface area contributed by atoms with E-state index in [1.807, 2.05) is 18.7 Å². The van der Waals surface area contributed by atoms with Crippen molar-refractivity contribution in [3.63, 3.8) is 0 Å². The minimum absolute atomic E-state index is 0.102. The fourth-order valence-electron chi connectivity index (χ4n) is 3.55. The quantitative estimate of drug-likeness (QED) is 0.719. The van der Waals surface area contributed by atoms with Crippen LogP contribution in [0.5, 0.6) is 0 Å². The summed E-state index contributed by atoms with van der Waals surface area (Å²) in [7, 11) is 0. The minimum atomic E-state index is -0.402. The molecule has 7 nitrogen and oxygen atoms in total. The second-order valence-electron chi connectivity index (χ2n) is 7.52. The summed E-state index contributed by atoms with van der Waals surface area (Å²) >= 11 is 0. The van der Waals surface area contributed by atoms with E-state index >= 15 is 0 Å². The Balaban J connectivity index is 2.10. The highest BCUT2D eigenvalue weighted by molar-refractivity contribution is 5.94. The number of nitrogens with zero attached hydrogens (tertiary/aromatic N) is 2. The molecule has 1 fully saturated rings. The molecule has 2 atom stereocenters. The van der Waals surface area contributed by atoms with Crippen LogP contribution in [0, 0.1) is 5.92 Å². The van der Waals surface area contributed by atoms with Crippen molar-refractivity contribution < 1.29 is 9.59 Å². The Morgan fingerprint density at radius 1 is 1.33 bits per heavy atom. The monoisotopic (exact) mass is 376 g/mol. The van der Waals surface area contributed by atoms with Crippen LogP contribution < -0.4 is 10.9 Å². The second-order valence-corrected chi connectivity index (χ2v) is 7.52. The van der Waals surface area contributed by atoms with Gasteiger partial charge in [0.2, 0.25) is 5.91 Å². The molecule has 7 heteroatoms. The summed E-state index contributed by atoms with van der Waals surface area (Å²) < 4.78 is 0. The number of H-pyrrole nitrogens is 1. The molecule has 0 aromatic carbocycles. The summed E-state index contributed by atoms with van der Waals surface area (Å²) in [4.78, 5) is 43.8. The fraction of sp³-hybridized carbons (Fsp3) is 0.650. The van der Waals surface area contributed by atoms with Gasteiger partial charge in [-0.2, -0.15) is 0 Å². The molecule has 0 unspecified atom stereocenters. The molecule has 150 valence electrons. The van der Waals surface area contributed by atoms with Crippen LogP contribution in [0.25, 0.3) is 0 Å². The largest absolute Gasteiger partial charge is 0.348 e. The zero-order chi connectivity index (χ0) is 20.0. The maximum Gasteiger partial charge on any atom is 0.260 e. The van der Waals surface area contributed by atoms with Gasteiger partial charge in [-0.1, -0.05) is 13.8 Å². The number of carbonyl (C=O) groups is 2. The molecule has 0 radical (unpaired) electrons. The molecule has 0 saturated carbocycles. The molecule has 0 bridgehead atoms. The topological polar surface area (TPSA) is 85.5 Å². The van der Waals surface area contributed by atoms with Crippen molar-refractivity contribution in [2.24, 2.45) is 5.92 Å². The standard InChI is InChI=1S/C20H32N4O3/c1-5-23(6-2)20(27)17-12-15(13-24(17)11-9-14(3)4)22-19(26)16-8-7-10-21-18(16)25/h7-8,10,14-15,17H,5-6,9,11-13H2,1-4H3,(H,21,25)(H,22,26)/t15-,17+/m1/s1. The van der Waals surface area contributed by atoms with E-state index in [1.54, 1.807) is 6.07 Å². The second kappa shape index (κ2) is 9.69. The van der Waals surface area contributed by atoms with Gasteiger partial charge in [0.25, 0.3) is 11.5 Å². The lowest BCUT2D eigenvalue weighted by atomic mass is 10.1. The number of aromatic nitrogens is 1. The number of carbonyl (C=O) groups excluding carboxylic acids is 2. The zero-order valence-corrected chi connectivity index (χ0v) is 16.8. The summed E-state index contributed by atoms with van der Waals surface area (Å²) in [5, 5.41) is 2.94. The highest BCUT2D eigenvalue weighted by Gasteiger charge is 2.38. The molecule has 2 N–H and O–H groups in total. The molecule has 0 spiro atoms. The molecule has 27 heavy (non-hydrogen) atoms. The molecule has 1 saturated heterocycles. The van der Waals surface area contributed by atoms with Crippen LogP contribution in [0.2, 0.25) is 0 Å². The van der Waals surface area contributed by atoms with E-state index in [9.17, 15) is 14.4 Å². The molecule has 0 aliphatic carbocycles. The predicted octanol–water partition coefficient (Wildman–Crippen LogP) is 1.46. The van der Waals surface area contributed by atoms with Gasteiger partial charge < -0.3 is 15.2 Å². The molecule has 1 aromatic rings. The number of hydrogen-bond donors (Lipinski definition) is 2. The molecule has 1 aromatic heterocycles. The Morgan fingerprint density at radius 3 is 2.63 bits per heavy atom. The first kappa shape index (κ1) is 21.2. The fourth-order valence-corrected chi connectivity index (χ4v) is 3.55. The summed E-state index contributed by atoms with van der Waals surface area (Å²) in [6.45, 7) is 11.1. The van der Waals surface area contributed by atoms with Crippen LogP contribution in [-0.4, -0.2) is 64.9 Å². The third-order valence-corrected chi connectivity index (χ3v) is 5.16. The van der Waals surface area contributed by atoms with Crippen LogP contribution in [0.3, 0.4) is 0 Å². The Morgan fingerprint density at radius 2 is 2.04 bits per heavy atom. The molecule has 2 amide bonds. The average molecular weight is 377 g/mol. The third-order valence-electron chi connectivity index (χ3n) is 5.16. The van der Waals surface area contributed by atoms with Gasteiger partial charge in [0.15, 0.2) is 0 Å². The van der Waals surface area contributed by atoms with Gasteiger partial charge in [-0.05, 0) is 51.3 Å². The Hall–Kier alpha value is -2.15. The highest BCUT2D eigenvalue weighted by Crippen LogP contribution is 2.21. The van der Waals surface area contributed by atoms with E-state index < -0.39 is 5.56 Å². The van der Waals surface area contributed by atoms with E-state index in [-0.39, 0.29) is 29.5 Å². The Labute approximate surface area is 161 Å². The maximum atomic E-state index is 12.9. The lowest BCUT2D eigenvalue weighted by Gasteiger charge is -2.29. The number of aromatic amines is 1. The van der Waals surface area contributed by atoms with Crippen LogP contribution >= 0.6 is 0 Å². The van der Waals surface area contributed by atoms with Gasteiger partial charge in [0.1, 0.15) is 5.56 Å². The number of likely N-dealkylation sites (tertiary alicyclic amines) is 1. The van der Waals surface area contributed by atoms with Gasteiger partial charge in [-0.15, -0.1) is 0 Å². The van der Waals surface area contributed by atoms with E-state index in [1.165, 1.54) is 12.3 Å². The van der Waals surface area contributed by atoms with Crippen molar-refractivity contribution in [1.29, 1.82) is 0 Å². The highest BCUT2D eigenvalue weighted by atomic mass is 16.2. The van der Waals surface area contributed by atoms with Crippen molar-refractivity contribution in [2.75, 3.05) is 26.2 Å². The Bertz CT molecular complexity index is 696.